The Bertz CT molecular complexity index is 2940. The summed E-state index contributed by atoms with van der Waals surface area (Å²) >= 11 is 0. The fourth-order valence-electron chi connectivity index (χ4n) is 7.89. The Kier molecular flexibility index (Phi) is 7.18. The van der Waals surface area contributed by atoms with E-state index in [2.05, 4.69) is 188 Å². The van der Waals surface area contributed by atoms with E-state index in [0.717, 1.165) is 39.0 Å². The zero-order chi connectivity index (χ0) is 34.4. The molecule has 9 aromatic carbocycles. The average molecular weight is 661 g/mol. The molecule has 0 aliphatic rings. The second kappa shape index (κ2) is 12.5. The predicted octanol–water partition coefficient (Wildman–Crippen LogP) is 13.4. The number of hydrogen-bond acceptors (Lipinski definition) is 2. The SMILES string of the molecule is c1ccc(-c2nc(-c3cccc(-c4cccc5ccccc45)c3)cc(-c3c4ccccc4c(-c4ccccc4)c4c3ccc3ccccc34)n2)cc1. The topological polar surface area (TPSA) is 25.8 Å². The van der Waals surface area contributed by atoms with Gasteiger partial charge in [-0.3, -0.25) is 0 Å². The van der Waals surface area contributed by atoms with E-state index in [-0.39, 0.29) is 0 Å². The lowest BCUT2D eigenvalue weighted by Gasteiger charge is -2.19. The lowest BCUT2D eigenvalue weighted by Crippen LogP contribution is -1.98. The molecule has 52 heavy (non-hydrogen) atoms. The van der Waals surface area contributed by atoms with Gasteiger partial charge < -0.3 is 0 Å². The van der Waals surface area contributed by atoms with Crippen LogP contribution in [0.2, 0.25) is 0 Å². The van der Waals surface area contributed by atoms with Gasteiger partial charge in [-0.15, -0.1) is 0 Å². The maximum Gasteiger partial charge on any atom is 0.160 e. The first kappa shape index (κ1) is 30.0. The first-order valence-electron chi connectivity index (χ1n) is 17.8. The summed E-state index contributed by atoms with van der Waals surface area (Å²) in [5.41, 5.74) is 9.73. The highest BCUT2D eigenvalue weighted by molar-refractivity contribution is 6.27. The summed E-state index contributed by atoms with van der Waals surface area (Å²) in [6.45, 7) is 0. The van der Waals surface area contributed by atoms with Gasteiger partial charge in [-0.05, 0) is 77.5 Å². The van der Waals surface area contributed by atoms with Crippen molar-refractivity contribution >= 4 is 43.1 Å². The molecule has 0 aliphatic carbocycles. The van der Waals surface area contributed by atoms with Crippen LogP contribution in [0.25, 0.3) is 99.2 Å². The van der Waals surface area contributed by atoms with Gasteiger partial charge in [-0.25, -0.2) is 9.97 Å². The lowest BCUT2D eigenvalue weighted by molar-refractivity contribution is 1.19. The van der Waals surface area contributed by atoms with E-state index in [9.17, 15) is 0 Å². The Morgan fingerprint density at radius 3 is 1.60 bits per heavy atom. The molecule has 0 radical (unpaired) electrons. The highest BCUT2D eigenvalue weighted by Gasteiger charge is 2.21. The third-order valence-corrected chi connectivity index (χ3v) is 10.2. The van der Waals surface area contributed by atoms with Crippen molar-refractivity contribution < 1.29 is 0 Å². The van der Waals surface area contributed by atoms with Crippen molar-refractivity contribution in [1.29, 1.82) is 0 Å². The molecular formula is C50H32N2. The Labute approximate surface area is 302 Å². The van der Waals surface area contributed by atoms with E-state index in [1.165, 1.54) is 54.4 Å². The van der Waals surface area contributed by atoms with E-state index < -0.39 is 0 Å². The number of aromatic nitrogens is 2. The standard InChI is InChI=1S/C50H32N2/c1-3-17-35(18-4-1)47-42-26-11-12-27-43(42)48(44-30-29-34-16-8-10-25-41(34)49(44)47)46-32-45(51-50(52-46)36-19-5-2-6-20-36)38-23-13-22-37(31-38)40-28-14-21-33-15-7-9-24-39(33)40/h1-32H. The van der Waals surface area contributed by atoms with Crippen LogP contribution in [0.5, 0.6) is 0 Å². The van der Waals surface area contributed by atoms with Crippen molar-refractivity contribution in [2.45, 2.75) is 0 Å². The van der Waals surface area contributed by atoms with E-state index in [4.69, 9.17) is 9.97 Å². The van der Waals surface area contributed by atoms with Crippen LogP contribution >= 0.6 is 0 Å². The molecule has 0 fully saturated rings. The van der Waals surface area contributed by atoms with Gasteiger partial charge in [0.15, 0.2) is 5.82 Å². The molecule has 0 saturated carbocycles. The van der Waals surface area contributed by atoms with Gasteiger partial charge in [0.2, 0.25) is 0 Å². The third-order valence-electron chi connectivity index (χ3n) is 10.2. The fourth-order valence-corrected chi connectivity index (χ4v) is 7.89. The van der Waals surface area contributed by atoms with Gasteiger partial charge >= 0.3 is 0 Å². The molecule has 10 rings (SSSR count). The van der Waals surface area contributed by atoms with E-state index >= 15 is 0 Å². The average Bonchev–Trinajstić information content (AvgIpc) is 3.23. The first-order chi connectivity index (χ1) is 25.8. The summed E-state index contributed by atoms with van der Waals surface area (Å²) in [6.07, 6.45) is 0. The van der Waals surface area contributed by atoms with Crippen LogP contribution in [0, 0.1) is 0 Å². The zero-order valence-electron chi connectivity index (χ0n) is 28.4. The lowest BCUT2D eigenvalue weighted by atomic mass is 9.85. The zero-order valence-corrected chi connectivity index (χ0v) is 28.4. The minimum atomic E-state index is 0.703. The molecule has 1 aromatic heterocycles. The second-order valence-corrected chi connectivity index (χ2v) is 13.3. The molecule has 0 N–H and O–H groups in total. The smallest absolute Gasteiger partial charge is 0.160 e. The second-order valence-electron chi connectivity index (χ2n) is 13.3. The molecule has 10 aromatic rings. The van der Waals surface area contributed by atoms with Gasteiger partial charge in [-0.2, -0.15) is 0 Å². The van der Waals surface area contributed by atoms with Crippen molar-refractivity contribution in [3.8, 4) is 56.2 Å². The van der Waals surface area contributed by atoms with Gasteiger partial charge in [-0.1, -0.05) is 182 Å². The summed E-state index contributed by atoms with van der Waals surface area (Å²) in [4.78, 5) is 10.7. The molecule has 0 spiro atoms. The molecule has 0 aliphatic heterocycles. The van der Waals surface area contributed by atoms with E-state index in [1.807, 2.05) is 6.07 Å². The van der Waals surface area contributed by atoms with Crippen LogP contribution < -0.4 is 0 Å². The monoisotopic (exact) mass is 660 g/mol. The molecule has 0 atom stereocenters. The third kappa shape index (κ3) is 5.04. The largest absolute Gasteiger partial charge is 0.228 e. The van der Waals surface area contributed by atoms with Crippen LogP contribution in [0.3, 0.4) is 0 Å². The van der Waals surface area contributed by atoms with Crippen LogP contribution in [0.15, 0.2) is 194 Å². The first-order valence-corrected chi connectivity index (χ1v) is 17.8. The maximum atomic E-state index is 5.39. The molecule has 1 heterocycles. The molecular weight excluding hydrogens is 629 g/mol. The molecule has 242 valence electrons. The Morgan fingerprint density at radius 1 is 0.288 bits per heavy atom. The quantitative estimate of drug-likeness (QED) is 0.136. The van der Waals surface area contributed by atoms with Gasteiger partial charge in [0.05, 0.1) is 11.4 Å². The van der Waals surface area contributed by atoms with Crippen LogP contribution in [0.4, 0.5) is 0 Å². The van der Waals surface area contributed by atoms with Gasteiger partial charge in [0, 0.05) is 16.7 Å². The minimum Gasteiger partial charge on any atom is -0.228 e. The molecule has 0 bridgehead atoms. The minimum absolute atomic E-state index is 0.703. The molecule has 2 nitrogen and oxygen atoms in total. The van der Waals surface area contributed by atoms with Crippen LogP contribution in [0.1, 0.15) is 0 Å². The summed E-state index contributed by atoms with van der Waals surface area (Å²) in [5, 5.41) is 9.68. The highest BCUT2D eigenvalue weighted by Crippen LogP contribution is 2.46. The molecule has 0 amide bonds. The summed E-state index contributed by atoms with van der Waals surface area (Å²) in [7, 11) is 0. The number of nitrogens with zero attached hydrogens (tertiary/aromatic N) is 2. The van der Waals surface area contributed by atoms with E-state index in [0.29, 0.717) is 5.82 Å². The van der Waals surface area contributed by atoms with Crippen LogP contribution in [-0.4, -0.2) is 9.97 Å². The van der Waals surface area contributed by atoms with Crippen molar-refractivity contribution in [2.75, 3.05) is 0 Å². The number of benzene rings is 9. The molecule has 0 unspecified atom stereocenters. The molecule has 0 saturated heterocycles. The van der Waals surface area contributed by atoms with Crippen molar-refractivity contribution in [3.63, 3.8) is 0 Å². The number of hydrogen-bond donors (Lipinski definition) is 0. The van der Waals surface area contributed by atoms with Crippen LogP contribution in [-0.2, 0) is 0 Å². The van der Waals surface area contributed by atoms with Gasteiger partial charge in [0.25, 0.3) is 0 Å². The molecule has 2 heteroatoms. The summed E-state index contributed by atoms with van der Waals surface area (Å²) in [5.74, 6) is 0.703. The highest BCUT2D eigenvalue weighted by atomic mass is 14.9. The fraction of sp³-hybridized carbons (Fsp3) is 0. The van der Waals surface area contributed by atoms with Gasteiger partial charge in [0.1, 0.15) is 0 Å². The van der Waals surface area contributed by atoms with Crippen molar-refractivity contribution in [3.05, 3.63) is 194 Å². The van der Waals surface area contributed by atoms with E-state index in [1.54, 1.807) is 0 Å². The Morgan fingerprint density at radius 2 is 0.827 bits per heavy atom. The predicted molar refractivity (Wildman–Crippen MR) is 219 cm³/mol. The Hall–Kier alpha value is -6.90. The number of rotatable bonds is 5. The number of fused-ring (bicyclic) bond motifs is 5. The summed E-state index contributed by atoms with van der Waals surface area (Å²) in [6, 6.07) is 69.2. The Balaban J connectivity index is 1.28. The normalized spacial score (nSPS) is 11.5. The van der Waals surface area contributed by atoms with Crippen molar-refractivity contribution in [2.24, 2.45) is 0 Å². The van der Waals surface area contributed by atoms with Crippen molar-refractivity contribution in [1.82, 2.24) is 9.97 Å². The maximum absolute atomic E-state index is 5.39. The summed E-state index contributed by atoms with van der Waals surface area (Å²) < 4.78 is 0.